The lowest BCUT2D eigenvalue weighted by atomic mass is 10.1. The maximum atomic E-state index is 12.2. The fraction of sp³-hybridized carbons (Fsp3) is 0.727. The minimum absolute atomic E-state index is 0.188. The van der Waals surface area contributed by atoms with Crippen molar-refractivity contribution in [3.8, 4) is 0 Å². The number of carbonyl (C=O) groups is 1. The monoisotopic (exact) mass is 540 g/mol. The maximum Gasteiger partial charge on any atom is 0.490 e. The van der Waals surface area contributed by atoms with Crippen molar-refractivity contribution >= 4 is 41.7 Å². The van der Waals surface area contributed by atoms with Gasteiger partial charge in [-0.2, -0.15) is 8.62 Å². The Morgan fingerprint density at radius 1 is 1.18 bits per heavy atom. The molecule has 0 saturated carbocycles. The van der Waals surface area contributed by atoms with Crippen molar-refractivity contribution < 1.29 is 70.7 Å². The van der Waals surface area contributed by atoms with Crippen LogP contribution in [0, 0.1) is 0 Å². The summed E-state index contributed by atoms with van der Waals surface area (Å²) in [6.45, 7) is -0.984. The predicted octanol–water partition coefficient (Wildman–Crippen LogP) is -4.10. The lowest BCUT2D eigenvalue weighted by Crippen LogP contribution is -2.58. The number of amides is 1. The molecule has 0 spiro atoms. The minimum atomic E-state index is -5.73. The summed E-state index contributed by atoms with van der Waals surface area (Å²) < 4.78 is 52.4. The summed E-state index contributed by atoms with van der Waals surface area (Å²) in [6, 6.07) is -0.834. The van der Waals surface area contributed by atoms with Crippen LogP contribution in [0.4, 0.5) is 0 Å². The van der Waals surface area contributed by atoms with Crippen LogP contribution in [-0.4, -0.2) is 108 Å². The summed E-state index contributed by atoms with van der Waals surface area (Å²) in [5.74, 6) is -0.668. The molecule has 0 radical (unpaired) electrons. The van der Waals surface area contributed by atoms with Gasteiger partial charge in [0.25, 0.3) is 5.91 Å². The van der Waals surface area contributed by atoms with E-state index in [2.05, 4.69) is 23.5 Å². The van der Waals surface area contributed by atoms with Gasteiger partial charge in [-0.3, -0.25) is 19.2 Å². The highest BCUT2D eigenvalue weighted by Crippen LogP contribution is 2.66. The van der Waals surface area contributed by atoms with E-state index >= 15 is 0 Å². The van der Waals surface area contributed by atoms with Crippen LogP contribution < -0.4 is 11.1 Å². The number of aliphatic hydroxyl groups excluding tert-OH is 2. The molecule has 3 aliphatic heterocycles. The number of likely N-dealkylation sites (N-methyl/N-ethyl adjacent to an activating group) is 1. The number of hydrogen-bond acceptors (Lipinski definition) is 13. The number of aliphatic hydroxyl groups is 2. The van der Waals surface area contributed by atoms with Crippen LogP contribution in [0.3, 0.4) is 0 Å². The highest BCUT2D eigenvalue weighted by atomic mass is 31.3. The Hall–Kier alpha value is -1.30. The van der Waals surface area contributed by atoms with Crippen molar-refractivity contribution in [3.63, 3.8) is 0 Å². The quantitative estimate of drug-likeness (QED) is 0.107. The number of guanidine groups is 1. The first-order valence-electron chi connectivity index (χ1n) is 8.78. The minimum Gasteiger partial charge on any atom is -0.387 e. The number of nitrogens with one attached hydrogen (secondary N) is 1. The Labute approximate surface area is 184 Å². The third kappa shape index (κ3) is 6.04. The van der Waals surface area contributed by atoms with Gasteiger partial charge in [-0.05, 0) is 0 Å². The molecule has 3 rings (SSSR count). The number of aliphatic imine (C=N–C) groups is 1. The molecule has 1 amide bonds. The number of nitrogens with zero attached hydrogens (tertiary/aromatic N) is 3. The zero-order chi connectivity index (χ0) is 24.9. The van der Waals surface area contributed by atoms with Gasteiger partial charge >= 0.3 is 23.5 Å². The van der Waals surface area contributed by atoms with Crippen molar-refractivity contribution in [2.24, 2.45) is 10.7 Å². The first-order valence-corrected chi connectivity index (χ1v) is 13.3. The molecular formula is C11H21N5O14P3+. The third-order valence-corrected chi connectivity index (χ3v) is 8.38. The Balaban J connectivity index is 1.67. The summed E-state index contributed by atoms with van der Waals surface area (Å²) >= 11 is 0. The molecule has 3 heterocycles. The lowest BCUT2D eigenvalue weighted by Gasteiger charge is -2.27. The smallest absolute Gasteiger partial charge is 0.387 e. The first-order chi connectivity index (χ1) is 15.0. The van der Waals surface area contributed by atoms with Crippen LogP contribution in [0.15, 0.2) is 4.99 Å². The zero-order valence-corrected chi connectivity index (χ0v) is 19.1. The number of nitrogens with two attached hydrogens (primary N) is 1. The van der Waals surface area contributed by atoms with Gasteiger partial charge in [0, 0.05) is 0 Å². The average molecular weight is 540 g/mol. The largest absolute Gasteiger partial charge is 0.490 e. The SMILES string of the molecule is C[N+]1=CN([C@@H]2O[C@H](COP(=O)(O)OP(=O)(O)OP(=O)(O)O)[C@H](O)C2O)C2N=C(N)NC(=O)C21. The Kier molecular flexibility index (Phi) is 7.22. The molecule has 19 nitrogen and oxygen atoms in total. The second kappa shape index (κ2) is 9.05. The standard InChI is InChI=1S/C11H20N5O14P3/c1-15-3-16(8-5(15)9(19)14-11(12)13-8)10-7(18)6(17)4(28-10)2-27-32(23,24)30-33(25,26)29-31(20,21)22/h3-8,10,17-18H,2H2,1H3,(H6-,12,13,14,19,20,21,22,23,24,25,26)/p+1/t4-,5?,6+,7?,8?,10-/m1/s1. The van der Waals surface area contributed by atoms with Gasteiger partial charge in [0.05, 0.1) is 13.7 Å². The highest BCUT2D eigenvalue weighted by molar-refractivity contribution is 7.66. The molecule has 22 heteroatoms. The van der Waals surface area contributed by atoms with E-state index in [0.29, 0.717) is 0 Å². The number of phosphoric acid groups is 3. The van der Waals surface area contributed by atoms with Crippen LogP contribution >= 0.6 is 23.5 Å². The molecule has 0 aromatic carbocycles. The van der Waals surface area contributed by atoms with E-state index in [1.54, 1.807) is 7.05 Å². The molecule has 0 aromatic heterocycles. The molecule has 9 N–H and O–H groups in total. The van der Waals surface area contributed by atoms with Gasteiger partial charge < -0.3 is 40.3 Å². The van der Waals surface area contributed by atoms with Crippen molar-refractivity contribution in [2.75, 3.05) is 13.7 Å². The summed E-state index contributed by atoms with van der Waals surface area (Å²) in [5.41, 5.74) is 5.57. The first kappa shape index (κ1) is 26.3. The second-order valence-electron chi connectivity index (χ2n) is 7.02. The molecule has 3 aliphatic rings. The molecule has 8 atom stereocenters. The van der Waals surface area contributed by atoms with E-state index < -0.39 is 72.7 Å². The molecule has 5 unspecified atom stereocenters. The molecule has 188 valence electrons. The van der Waals surface area contributed by atoms with Gasteiger partial charge in [0.2, 0.25) is 24.8 Å². The number of ether oxygens (including phenoxy) is 1. The van der Waals surface area contributed by atoms with Crippen molar-refractivity contribution in [1.29, 1.82) is 0 Å². The van der Waals surface area contributed by atoms with Crippen molar-refractivity contribution in [3.05, 3.63) is 0 Å². The molecule has 0 bridgehead atoms. The average Bonchev–Trinajstić information content (AvgIpc) is 3.07. The fourth-order valence-corrected chi connectivity index (χ4v) is 6.39. The molecule has 33 heavy (non-hydrogen) atoms. The number of phosphoric ester groups is 1. The van der Waals surface area contributed by atoms with Crippen LogP contribution in [0.25, 0.3) is 0 Å². The van der Waals surface area contributed by atoms with Gasteiger partial charge in [0.15, 0.2) is 5.96 Å². The van der Waals surface area contributed by atoms with Crippen LogP contribution in [0.5, 0.6) is 0 Å². The molecule has 1 saturated heterocycles. The normalized spacial score (nSPS) is 35.8. The maximum absolute atomic E-state index is 12.2. The lowest BCUT2D eigenvalue weighted by molar-refractivity contribution is -0.513. The van der Waals surface area contributed by atoms with Gasteiger partial charge in [-0.15, -0.1) is 0 Å². The van der Waals surface area contributed by atoms with E-state index in [9.17, 15) is 33.6 Å². The van der Waals surface area contributed by atoms with E-state index in [1.165, 1.54) is 15.8 Å². The Bertz CT molecular complexity index is 1010. The second-order valence-corrected chi connectivity index (χ2v) is 11.4. The number of rotatable bonds is 8. The topological polar surface area (TPSA) is 283 Å². The van der Waals surface area contributed by atoms with Crippen LogP contribution in [-0.2, 0) is 36.4 Å². The summed E-state index contributed by atoms with van der Waals surface area (Å²) in [5, 5.41) is 23.0. The van der Waals surface area contributed by atoms with Crippen molar-refractivity contribution in [2.45, 2.75) is 36.7 Å². The van der Waals surface area contributed by atoms with E-state index in [1.807, 2.05) is 0 Å². The zero-order valence-electron chi connectivity index (χ0n) is 16.5. The predicted molar refractivity (Wildman–Crippen MR) is 102 cm³/mol. The van der Waals surface area contributed by atoms with Gasteiger partial charge in [-0.1, -0.05) is 0 Å². The molecule has 0 aromatic rings. The van der Waals surface area contributed by atoms with E-state index in [-0.39, 0.29) is 5.96 Å². The van der Waals surface area contributed by atoms with Crippen molar-refractivity contribution in [1.82, 2.24) is 10.2 Å². The number of carbonyl (C=O) groups excluding carboxylic acids is 1. The summed E-state index contributed by atoms with van der Waals surface area (Å²) in [7, 11) is -15.2. The molecular weight excluding hydrogens is 519 g/mol. The summed E-state index contributed by atoms with van der Waals surface area (Å²) in [6.07, 6.45) is -5.72. The third-order valence-electron chi connectivity index (χ3n) is 4.58. The van der Waals surface area contributed by atoms with Crippen LogP contribution in [0.2, 0.25) is 0 Å². The number of hydrogen-bond donors (Lipinski definition) is 8. The Morgan fingerprint density at radius 2 is 1.82 bits per heavy atom. The van der Waals surface area contributed by atoms with Gasteiger partial charge in [0.1, 0.15) is 18.3 Å². The van der Waals surface area contributed by atoms with Crippen LogP contribution in [0.1, 0.15) is 0 Å². The fourth-order valence-electron chi connectivity index (χ4n) is 3.36. The summed E-state index contributed by atoms with van der Waals surface area (Å²) in [4.78, 5) is 53.2. The molecule has 0 aliphatic carbocycles. The highest BCUT2D eigenvalue weighted by Gasteiger charge is 2.57. The number of fused-ring (bicyclic) bond motifs is 1. The Morgan fingerprint density at radius 3 is 2.42 bits per heavy atom. The van der Waals surface area contributed by atoms with Gasteiger partial charge in [-0.25, -0.2) is 23.6 Å². The van der Waals surface area contributed by atoms with E-state index in [4.69, 9.17) is 25.2 Å². The van der Waals surface area contributed by atoms with E-state index in [0.717, 1.165) is 0 Å². The molecule has 1 fully saturated rings.